The molecule has 2 atom stereocenters. The van der Waals surface area contributed by atoms with E-state index in [0.717, 1.165) is 6.54 Å². The van der Waals surface area contributed by atoms with Gasteiger partial charge < -0.3 is 5.32 Å². The number of likely N-dealkylation sites (N-methyl/N-ethyl adjacent to an activating group) is 1. The summed E-state index contributed by atoms with van der Waals surface area (Å²) < 4.78 is 0. The van der Waals surface area contributed by atoms with Crippen LogP contribution in [0.1, 0.15) is 43.2 Å². The summed E-state index contributed by atoms with van der Waals surface area (Å²) in [5, 5.41) is 5.81. The van der Waals surface area contributed by atoms with Crippen LogP contribution in [0.3, 0.4) is 0 Å². The molecule has 0 aromatic carbocycles. The number of thiophene rings is 1. The summed E-state index contributed by atoms with van der Waals surface area (Å²) in [4.78, 5) is 4.13. The van der Waals surface area contributed by atoms with Crippen LogP contribution in [0, 0.1) is 6.92 Å². The Kier molecular flexibility index (Phi) is 4.60. The normalized spacial score (nSPS) is 22.2. The Bertz CT molecular complexity index is 342. The summed E-state index contributed by atoms with van der Waals surface area (Å²) in [7, 11) is 0. The summed E-state index contributed by atoms with van der Waals surface area (Å²) in [5.74, 6) is 0. The van der Waals surface area contributed by atoms with Crippen molar-refractivity contribution in [2.45, 2.75) is 45.7 Å². The molecule has 1 aromatic heterocycles. The predicted octanol–water partition coefficient (Wildman–Crippen LogP) is 3.19. The molecule has 1 aliphatic heterocycles. The Morgan fingerprint density at radius 1 is 1.59 bits per heavy atom. The predicted molar refractivity (Wildman–Crippen MR) is 75.7 cm³/mol. The third-order valence-corrected chi connectivity index (χ3v) is 5.04. The lowest BCUT2D eigenvalue weighted by molar-refractivity contribution is 0.204. The summed E-state index contributed by atoms with van der Waals surface area (Å²) in [6.45, 7) is 10.4. The molecule has 1 aliphatic rings. The van der Waals surface area contributed by atoms with E-state index in [9.17, 15) is 0 Å². The molecule has 0 aliphatic carbocycles. The van der Waals surface area contributed by atoms with Gasteiger partial charge in [-0.1, -0.05) is 6.92 Å². The molecule has 96 valence electrons. The lowest BCUT2D eigenvalue weighted by Crippen LogP contribution is -2.38. The van der Waals surface area contributed by atoms with Crippen molar-refractivity contribution in [3.63, 3.8) is 0 Å². The molecule has 2 rings (SSSR count). The molecule has 0 spiro atoms. The Balaban J connectivity index is 1.99. The first kappa shape index (κ1) is 13.1. The first-order chi connectivity index (χ1) is 8.22. The SMILES string of the molecule is CCN(CC1CCCN1)C(C)c1sccc1C. The first-order valence-corrected chi connectivity index (χ1v) is 7.61. The van der Waals surface area contributed by atoms with Gasteiger partial charge in [-0.25, -0.2) is 0 Å². The zero-order valence-electron chi connectivity index (χ0n) is 11.2. The highest BCUT2D eigenvalue weighted by molar-refractivity contribution is 7.10. The van der Waals surface area contributed by atoms with E-state index in [1.807, 2.05) is 11.3 Å². The molecule has 0 saturated carbocycles. The minimum Gasteiger partial charge on any atom is -0.313 e. The van der Waals surface area contributed by atoms with E-state index in [1.54, 1.807) is 0 Å². The van der Waals surface area contributed by atoms with Crippen molar-refractivity contribution in [2.24, 2.45) is 0 Å². The van der Waals surface area contributed by atoms with Gasteiger partial charge in [-0.05, 0) is 56.8 Å². The van der Waals surface area contributed by atoms with Crippen LogP contribution in [0.4, 0.5) is 0 Å². The van der Waals surface area contributed by atoms with Crippen molar-refractivity contribution < 1.29 is 0 Å². The van der Waals surface area contributed by atoms with Crippen molar-refractivity contribution in [1.82, 2.24) is 10.2 Å². The fraction of sp³-hybridized carbons (Fsp3) is 0.714. The quantitative estimate of drug-likeness (QED) is 0.866. The molecule has 0 radical (unpaired) electrons. The fourth-order valence-corrected chi connectivity index (χ4v) is 3.75. The van der Waals surface area contributed by atoms with Crippen molar-refractivity contribution in [2.75, 3.05) is 19.6 Å². The summed E-state index contributed by atoms with van der Waals surface area (Å²) >= 11 is 1.90. The highest BCUT2D eigenvalue weighted by atomic mass is 32.1. The molecule has 1 saturated heterocycles. The lowest BCUT2D eigenvalue weighted by Gasteiger charge is -2.30. The van der Waals surface area contributed by atoms with Gasteiger partial charge in [0, 0.05) is 23.5 Å². The van der Waals surface area contributed by atoms with E-state index in [1.165, 1.54) is 36.4 Å². The zero-order valence-corrected chi connectivity index (χ0v) is 12.0. The van der Waals surface area contributed by atoms with Gasteiger partial charge in [0.05, 0.1) is 0 Å². The van der Waals surface area contributed by atoms with Gasteiger partial charge in [0.15, 0.2) is 0 Å². The zero-order chi connectivity index (χ0) is 12.3. The topological polar surface area (TPSA) is 15.3 Å². The van der Waals surface area contributed by atoms with Crippen LogP contribution >= 0.6 is 11.3 Å². The second-order valence-electron chi connectivity index (χ2n) is 5.02. The molecule has 1 fully saturated rings. The number of rotatable bonds is 5. The van der Waals surface area contributed by atoms with Gasteiger partial charge in [0.2, 0.25) is 0 Å². The van der Waals surface area contributed by atoms with Gasteiger partial charge in [-0.3, -0.25) is 4.90 Å². The molecule has 0 amide bonds. The molecule has 17 heavy (non-hydrogen) atoms. The maximum absolute atomic E-state index is 3.60. The maximum atomic E-state index is 3.60. The molecular formula is C14H24N2S. The number of nitrogens with one attached hydrogen (secondary N) is 1. The highest BCUT2D eigenvalue weighted by Crippen LogP contribution is 2.28. The molecule has 1 N–H and O–H groups in total. The number of hydrogen-bond donors (Lipinski definition) is 1. The van der Waals surface area contributed by atoms with Crippen molar-refractivity contribution >= 4 is 11.3 Å². The Morgan fingerprint density at radius 2 is 2.41 bits per heavy atom. The van der Waals surface area contributed by atoms with Gasteiger partial charge in [-0.2, -0.15) is 0 Å². The largest absolute Gasteiger partial charge is 0.313 e. The third kappa shape index (κ3) is 3.09. The highest BCUT2D eigenvalue weighted by Gasteiger charge is 2.22. The van der Waals surface area contributed by atoms with E-state index in [4.69, 9.17) is 0 Å². The van der Waals surface area contributed by atoms with Crippen LogP contribution in [-0.2, 0) is 0 Å². The van der Waals surface area contributed by atoms with E-state index in [0.29, 0.717) is 12.1 Å². The van der Waals surface area contributed by atoms with Crippen LogP contribution in [0.2, 0.25) is 0 Å². The Labute approximate surface area is 109 Å². The van der Waals surface area contributed by atoms with Crippen LogP contribution in [-0.4, -0.2) is 30.6 Å². The minimum atomic E-state index is 0.558. The van der Waals surface area contributed by atoms with Gasteiger partial charge in [0.1, 0.15) is 0 Å². The van der Waals surface area contributed by atoms with E-state index >= 15 is 0 Å². The van der Waals surface area contributed by atoms with Crippen molar-refractivity contribution in [3.05, 3.63) is 21.9 Å². The van der Waals surface area contributed by atoms with Gasteiger partial charge in [0.25, 0.3) is 0 Å². The van der Waals surface area contributed by atoms with Crippen LogP contribution < -0.4 is 5.32 Å². The monoisotopic (exact) mass is 252 g/mol. The fourth-order valence-electron chi connectivity index (χ4n) is 2.73. The van der Waals surface area contributed by atoms with Gasteiger partial charge in [-0.15, -0.1) is 11.3 Å². The average molecular weight is 252 g/mol. The number of hydrogen-bond acceptors (Lipinski definition) is 3. The van der Waals surface area contributed by atoms with E-state index in [2.05, 4.69) is 42.4 Å². The Morgan fingerprint density at radius 3 is 2.94 bits per heavy atom. The second-order valence-corrected chi connectivity index (χ2v) is 5.97. The molecule has 2 heterocycles. The average Bonchev–Trinajstić information content (AvgIpc) is 2.96. The minimum absolute atomic E-state index is 0.558. The van der Waals surface area contributed by atoms with Crippen molar-refractivity contribution in [1.29, 1.82) is 0 Å². The molecule has 2 nitrogen and oxygen atoms in total. The molecule has 2 unspecified atom stereocenters. The molecular weight excluding hydrogens is 228 g/mol. The van der Waals surface area contributed by atoms with Crippen LogP contribution in [0.5, 0.6) is 0 Å². The van der Waals surface area contributed by atoms with Crippen molar-refractivity contribution in [3.8, 4) is 0 Å². The molecule has 0 bridgehead atoms. The smallest absolute Gasteiger partial charge is 0.0416 e. The van der Waals surface area contributed by atoms with Gasteiger partial charge >= 0.3 is 0 Å². The standard InChI is InChI=1S/C14H24N2S/c1-4-16(10-13-6-5-8-15-13)12(3)14-11(2)7-9-17-14/h7,9,12-13,15H,4-6,8,10H2,1-3H3. The summed E-state index contributed by atoms with van der Waals surface area (Å²) in [6.07, 6.45) is 2.68. The summed E-state index contributed by atoms with van der Waals surface area (Å²) in [5.41, 5.74) is 1.44. The number of aryl methyl sites for hydroxylation is 1. The lowest BCUT2D eigenvalue weighted by atomic mass is 10.1. The van der Waals surface area contributed by atoms with E-state index < -0.39 is 0 Å². The molecule has 3 heteroatoms. The van der Waals surface area contributed by atoms with Crippen LogP contribution in [0.25, 0.3) is 0 Å². The summed E-state index contributed by atoms with van der Waals surface area (Å²) in [6, 6.07) is 3.50. The number of nitrogens with zero attached hydrogens (tertiary/aromatic N) is 1. The Hall–Kier alpha value is -0.380. The maximum Gasteiger partial charge on any atom is 0.0416 e. The molecule has 1 aromatic rings. The van der Waals surface area contributed by atoms with Crippen LogP contribution in [0.15, 0.2) is 11.4 Å². The third-order valence-electron chi connectivity index (χ3n) is 3.85. The first-order valence-electron chi connectivity index (χ1n) is 6.73. The van der Waals surface area contributed by atoms with E-state index in [-0.39, 0.29) is 0 Å². The second kappa shape index (κ2) is 5.98.